The van der Waals surface area contributed by atoms with Gasteiger partial charge in [-0.15, -0.1) is 12.1 Å². The first kappa shape index (κ1) is 36.0. The number of hydrogen-bond acceptors (Lipinski definition) is 0. The summed E-state index contributed by atoms with van der Waals surface area (Å²) in [4.78, 5) is 0. The second-order valence-electron chi connectivity index (χ2n) is 1.49. The molecular formula is C13H24WY-. The van der Waals surface area contributed by atoms with Crippen LogP contribution in [-0.2, 0) is 53.8 Å². The zero-order valence-electron chi connectivity index (χ0n) is 10.8. The van der Waals surface area contributed by atoms with Crippen molar-refractivity contribution in [1.29, 1.82) is 0 Å². The first-order valence-electron chi connectivity index (χ1n) is 3.97. The molecule has 2 heteroatoms. The topological polar surface area (TPSA) is 0 Å². The van der Waals surface area contributed by atoms with E-state index in [1.807, 2.05) is 44.2 Å². The maximum atomic E-state index is 3.72. The van der Waals surface area contributed by atoms with Gasteiger partial charge in [-0.2, -0.15) is 31.5 Å². The van der Waals surface area contributed by atoms with E-state index >= 15 is 0 Å². The van der Waals surface area contributed by atoms with Crippen LogP contribution in [0, 0.1) is 28.7 Å². The second kappa shape index (κ2) is 36.4. The molecule has 0 radical (unpaired) electrons. The molecule has 0 bridgehead atoms. The minimum atomic E-state index is 0. The molecule has 0 aromatic heterocycles. The summed E-state index contributed by atoms with van der Waals surface area (Å²) in [5.41, 5.74) is 1.07. The van der Waals surface area contributed by atoms with Crippen molar-refractivity contribution in [1.82, 2.24) is 0 Å². The molecule has 0 nitrogen and oxygen atoms in total. The smallest absolute Gasteiger partial charge is 0.358 e. The SMILES string of the molecule is CC.[CH2-]C.[CH2-]c1ccccc1.[CH3-].[CH3-].[W].[Y+3]. The van der Waals surface area contributed by atoms with Gasteiger partial charge in [-0.3, -0.25) is 0 Å². The van der Waals surface area contributed by atoms with Gasteiger partial charge < -0.3 is 21.8 Å². The van der Waals surface area contributed by atoms with Gasteiger partial charge in [0.2, 0.25) is 0 Å². The molecule has 15 heavy (non-hydrogen) atoms. The molecule has 0 unspecified atom stereocenters. The van der Waals surface area contributed by atoms with Crippen molar-refractivity contribution >= 4 is 0 Å². The van der Waals surface area contributed by atoms with Crippen molar-refractivity contribution in [2.45, 2.75) is 20.8 Å². The average Bonchev–Trinajstić information content (AvgIpc) is 2.13. The monoisotopic (exact) mass is 453 g/mol. The predicted molar refractivity (Wildman–Crippen MR) is 66.1 cm³/mol. The third kappa shape index (κ3) is 31.3. The van der Waals surface area contributed by atoms with Gasteiger partial charge in [0.1, 0.15) is 0 Å². The third-order valence-electron chi connectivity index (χ3n) is 0.843. The Hall–Kier alpha value is 0.882. The van der Waals surface area contributed by atoms with E-state index in [0.717, 1.165) is 5.56 Å². The van der Waals surface area contributed by atoms with Crippen LogP contribution >= 0.6 is 0 Å². The van der Waals surface area contributed by atoms with Crippen molar-refractivity contribution in [2.24, 2.45) is 0 Å². The summed E-state index contributed by atoms with van der Waals surface area (Å²) in [7, 11) is 0. The van der Waals surface area contributed by atoms with Gasteiger partial charge in [-0.1, -0.05) is 19.9 Å². The van der Waals surface area contributed by atoms with Crippen LogP contribution in [0.4, 0.5) is 0 Å². The van der Waals surface area contributed by atoms with E-state index in [2.05, 4.69) is 13.8 Å². The maximum Gasteiger partial charge on any atom is 3.00 e. The predicted octanol–water partition coefficient (Wildman–Crippen LogP) is 4.63. The standard InChI is InChI=1S/C7H7.C2H6.C2H5.2CH3.W.Y/c1-7-5-3-2-4-6-7;2*1-2;;;;/h2-6H,1H2;1-2H3;1H2,2H3;2*1H3;;/q-1;;3*-1;;+3. The number of rotatable bonds is 0. The Morgan fingerprint density at radius 1 is 0.867 bits per heavy atom. The molecule has 0 atom stereocenters. The van der Waals surface area contributed by atoms with Crippen molar-refractivity contribution in [3.63, 3.8) is 0 Å². The fourth-order valence-corrected chi connectivity index (χ4v) is 0.478. The molecule has 1 aromatic rings. The summed E-state index contributed by atoms with van der Waals surface area (Å²) < 4.78 is 0. The van der Waals surface area contributed by atoms with E-state index in [0.29, 0.717) is 0 Å². The van der Waals surface area contributed by atoms with Gasteiger partial charge in [0, 0.05) is 21.1 Å². The Labute approximate surface area is 138 Å². The van der Waals surface area contributed by atoms with Crippen LogP contribution in [0.25, 0.3) is 0 Å². The van der Waals surface area contributed by atoms with Crippen molar-refractivity contribution in [2.75, 3.05) is 0 Å². The molecule has 0 aliphatic rings. The molecule has 0 spiro atoms. The van der Waals surface area contributed by atoms with Gasteiger partial charge in [0.05, 0.1) is 0 Å². The molecule has 0 fully saturated rings. The third-order valence-corrected chi connectivity index (χ3v) is 0.843. The van der Waals surface area contributed by atoms with Crippen LogP contribution in [-0.4, -0.2) is 0 Å². The molecule has 0 aliphatic carbocycles. The van der Waals surface area contributed by atoms with Gasteiger partial charge in [-0.25, -0.2) is 0 Å². The molecule has 86 valence electrons. The summed E-state index contributed by atoms with van der Waals surface area (Å²) in [6.45, 7) is 12.7. The van der Waals surface area contributed by atoms with E-state index in [1.54, 1.807) is 6.92 Å². The summed E-state index contributed by atoms with van der Waals surface area (Å²) in [6.07, 6.45) is 0. The van der Waals surface area contributed by atoms with Crippen molar-refractivity contribution in [3.8, 4) is 0 Å². The van der Waals surface area contributed by atoms with Gasteiger partial charge in [-0.05, 0) is 0 Å². The largest absolute Gasteiger partial charge is 3.00 e. The zero-order chi connectivity index (χ0) is 9.11. The van der Waals surface area contributed by atoms with Crippen LogP contribution < -0.4 is 0 Å². The first-order chi connectivity index (χ1) is 5.39. The normalized spacial score (nSPS) is 4.80. The molecule has 0 saturated heterocycles. The molecule has 1 aromatic carbocycles. The van der Waals surface area contributed by atoms with E-state index in [9.17, 15) is 0 Å². The average molecular weight is 453 g/mol. The minimum Gasteiger partial charge on any atom is -0.358 e. The van der Waals surface area contributed by atoms with Crippen LogP contribution in [0.2, 0.25) is 0 Å². The summed E-state index contributed by atoms with van der Waals surface area (Å²) in [5.74, 6) is 0. The quantitative estimate of drug-likeness (QED) is 0.503. The van der Waals surface area contributed by atoms with E-state index < -0.39 is 0 Å². The van der Waals surface area contributed by atoms with E-state index in [1.165, 1.54) is 0 Å². The van der Waals surface area contributed by atoms with E-state index in [-0.39, 0.29) is 68.6 Å². The molecule has 0 N–H and O–H groups in total. The number of benzene rings is 1. The number of hydrogen-bond donors (Lipinski definition) is 0. The summed E-state index contributed by atoms with van der Waals surface area (Å²) in [6, 6.07) is 9.87. The molecular weight excluding hydrogens is 429 g/mol. The van der Waals surface area contributed by atoms with Crippen LogP contribution in [0.1, 0.15) is 26.3 Å². The Balaban J connectivity index is -0.0000000231. The van der Waals surface area contributed by atoms with E-state index in [4.69, 9.17) is 0 Å². The van der Waals surface area contributed by atoms with Gasteiger partial charge in [0.25, 0.3) is 0 Å². The van der Waals surface area contributed by atoms with Crippen molar-refractivity contribution in [3.05, 3.63) is 64.6 Å². The molecule has 0 saturated carbocycles. The fourth-order valence-electron chi connectivity index (χ4n) is 0.478. The maximum absolute atomic E-state index is 3.72. The summed E-state index contributed by atoms with van der Waals surface area (Å²) >= 11 is 0. The Morgan fingerprint density at radius 2 is 1.13 bits per heavy atom. The molecule has 0 aliphatic heterocycles. The van der Waals surface area contributed by atoms with Gasteiger partial charge in [0.15, 0.2) is 0 Å². The summed E-state index contributed by atoms with van der Waals surface area (Å²) in [5, 5.41) is 0. The molecule has 0 heterocycles. The van der Waals surface area contributed by atoms with Crippen LogP contribution in [0.15, 0.2) is 30.3 Å². The van der Waals surface area contributed by atoms with Crippen LogP contribution in [0.5, 0.6) is 0 Å². The first-order valence-corrected chi connectivity index (χ1v) is 3.97. The molecule has 0 amide bonds. The minimum absolute atomic E-state index is 0. The molecule has 1 rings (SSSR count). The Kier molecular flexibility index (Phi) is 87.3. The Bertz CT molecular complexity index is 140. The fraction of sp³-hybridized carbons (Fsp3) is 0.231. The van der Waals surface area contributed by atoms with Crippen LogP contribution in [0.3, 0.4) is 0 Å². The van der Waals surface area contributed by atoms with Gasteiger partial charge >= 0.3 is 32.7 Å². The second-order valence-corrected chi connectivity index (χ2v) is 1.49. The Morgan fingerprint density at radius 3 is 1.27 bits per heavy atom. The zero-order valence-corrected chi connectivity index (χ0v) is 16.6. The van der Waals surface area contributed by atoms with Crippen molar-refractivity contribution < 1.29 is 53.8 Å².